The molecule has 4 nitrogen and oxygen atoms in total. The van der Waals surface area contributed by atoms with Gasteiger partial charge in [0.25, 0.3) is 0 Å². The molecule has 84 valence electrons. The third-order valence-corrected chi connectivity index (χ3v) is 2.72. The Labute approximate surface area is 97.3 Å². The Morgan fingerprint density at radius 1 is 1.47 bits per heavy atom. The maximum atomic E-state index is 9.86. The van der Waals surface area contributed by atoms with E-state index >= 15 is 0 Å². The van der Waals surface area contributed by atoms with Crippen molar-refractivity contribution in [2.45, 2.75) is 13.5 Å². The summed E-state index contributed by atoms with van der Waals surface area (Å²) in [5, 5.41) is 9.86. The zero-order valence-electron chi connectivity index (χ0n) is 8.93. The molecule has 0 aliphatic heterocycles. The fraction of sp³-hybridized carbons (Fsp3) is 0.400. The first-order chi connectivity index (χ1) is 7.11. The molecule has 0 unspecified atom stereocenters. The van der Waals surface area contributed by atoms with Gasteiger partial charge >= 0.3 is 0 Å². The van der Waals surface area contributed by atoms with Gasteiger partial charge in [-0.3, -0.25) is 0 Å². The lowest BCUT2D eigenvalue weighted by atomic mass is 10.1. The van der Waals surface area contributed by atoms with E-state index in [2.05, 4.69) is 21.4 Å². The Morgan fingerprint density at radius 3 is 2.67 bits per heavy atom. The number of rotatable bonds is 4. The number of nitrogens with one attached hydrogen (secondary N) is 1. The van der Waals surface area contributed by atoms with Crippen LogP contribution in [0.3, 0.4) is 0 Å². The summed E-state index contributed by atoms with van der Waals surface area (Å²) in [4.78, 5) is 4.73. The summed E-state index contributed by atoms with van der Waals surface area (Å²) in [5.41, 5.74) is 4.14. The number of hydrogen-bond donors (Lipinski definition) is 2. The van der Waals surface area contributed by atoms with E-state index in [1.807, 2.05) is 0 Å². The number of methoxy groups -OCH3 is 1. The molecule has 0 atom stereocenters. The molecule has 0 spiro atoms. The van der Waals surface area contributed by atoms with Crippen molar-refractivity contribution in [1.29, 1.82) is 0 Å². The highest BCUT2D eigenvalue weighted by Gasteiger charge is 2.13. The number of phenolic OH excluding ortho intramolecular Hbond substituents is 1. The van der Waals surface area contributed by atoms with Crippen molar-refractivity contribution in [3.05, 3.63) is 21.7 Å². The normalized spacial score (nSPS) is 10.4. The van der Waals surface area contributed by atoms with Crippen LogP contribution >= 0.6 is 15.9 Å². The average Bonchev–Trinajstić information content (AvgIpc) is 2.22. The predicted octanol–water partition coefficient (Wildman–Crippen LogP) is 2.12. The van der Waals surface area contributed by atoms with Crippen LogP contribution in [0.1, 0.15) is 11.1 Å². The Balaban J connectivity index is 3.10. The highest BCUT2D eigenvalue weighted by atomic mass is 79.9. The summed E-state index contributed by atoms with van der Waals surface area (Å²) < 4.78 is 5.97. The van der Waals surface area contributed by atoms with Crippen LogP contribution in [0.4, 0.5) is 0 Å². The van der Waals surface area contributed by atoms with Gasteiger partial charge in [-0.15, -0.1) is 0 Å². The van der Waals surface area contributed by atoms with E-state index in [-0.39, 0.29) is 5.75 Å². The van der Waals surface area contributed by atoms with Crippen LogP contribution in [0.2, 0.25) is 0 Å². The standard InChI is InChI=1S/C10H14BrNO3/c1-6-9(13)7(5-12-15-3)4-8(11)10(6)14-2/h4,12-13H,5H2,1-3H3. The van der Waals surface area contributed by atoms with E-state index < -0.39 is 0 Å². The zero-order chi connectivity index (χ0) is 11.4. The van der Waals surface area contributed by atoms with Crippen LogP contribution in [-0.2, 0) is 11.4 Å². The minimum atomic E-state index is 0.222. The molecule has 5 heteroatoms. The molecule has 0 saturated carbocycles. The summed E-state index contributed by atoms with van der Waals surface area (Å²) >= 11 is 3.38. The highest BCUT2D eigenvalue weighted by molar-refractivity contribution is 9.10. The first kappa shape index (κ1) is 12.3. The van der Waals surface area contributed by atoms with Gasteiger partial charge in [-0.25, -0.2) is 0 Å². The monoisotopic (exact) mass is 275 g/mol. The summed E-state index contributed by atoms with van der Waals surface area (Å²) in [5.74, 6) is 0.869. The minimum Gasteiger partial charge on any atom is -0.507 e. The Kier molecular flexibility index (Phi) is 4.38. The van der Waals surface area contributed by atoms with Gasteiger partial charge in [-0.05, 0) is 28.9 Å². The number of halogens is 1. The molecule has 0 aromatic heterocycles. The fourth-order valence-corrected chi connectivity index (χ4v) is 2.09. The smallest absolute Gasteiger partial charge is 0.139 e. The minimum absolute atomic E-state index is 0.222. The topological polar surface area (TPSA) is 50.7 Å². The molecule has 0 aliphatic carbocycles. The largest absolute Gasteiger partial charge is 0.507 e. The zero-order valence-corrected chi connectivity index (χ0v) is 10.5. The lowest BCUT2D eigenvalue weighted by molar-refractivity contribution is 0.0861. The molecule has 1 aromatic carbocycles. The van der Waals surface area contributed by atoms with Gasteiger partial charge < -0.3 is 14.7 Å². The van der Waals surface area contributed by atoms with E-state index in [1.54, 1.807) is 20.1 Å². The number of phenols is 1. The van der Waals surface area contributed by atoms with Gasteiger partial charge in [0.15, 0.2) is 0 Å². The molecule has 0 saturated heterocycles. The molecule has 15 heavy (non-hydrogen) atoms. The number of benzene rings is 1. The van der Waals surface area contributed by atoms with Gasteiger partial charge in [0.05, 0.1) is 18.7 Å². The van der Waals surface area contributed by atoms with Crippen LogP contribution in [0.15, 0.2) is 10.5 Å². The number of hydrogen-bond acceptors (Lipinski definition) is 4. The lowest BCUT2D eigenvalue weighted by Gasteiger charge is -2.13. The number of ether oxygens (including phenoxy) is 1. The predicted molar refractivity (Wildman–Crippen MR) is 60.9 cm³/mol. The van der Waals surface area contributed by atoms with Gasteiger partial charge in [-0.1, -0.05) is 0 Å². The van der Waals surface area contributed by atoms with Crippen molar-refractivity contribution in [3.63, 3.8) is 0 Å². The second-order valence-electron chi connectivity index (χ2n) is 3.05. The quantitative estimate of drug-likeness (QED) is 0.827. The number of hydroxylamine groups is 1. The van der Waals surface area contributed by atoms with E-state index in [4.69, 9.17) is 9.57 Å². The Hall–Kier alpha value is -0.780. The molecule has 1 aromatic rings. The average molecular weight is 276 g/mol. The summed E-state index contributed by atoms with van der Waals surface area (Å²) in [6.45, 7) is 2.24. The second kappa shape index (κ2) is 5.34. The number of aromatic hydroxyl groups is 1. The van der Waals surface area contributed by atoms with E-state index in [1.165, 1.54) is 7.11 Å². The van der Waals surface area contributed by atoms with Gasteiger partial charge in [0.2, 0.25) is 0 Å². The van der Waals surface area contributed by atoms with Crippen molar-refractivity contribution in [3.8, 4) is 11.5 Å². The van der Waals surface area contributed by atoms with E-state index in [0.29, 0.717) is 17.9 Å². The molecule has 0 bridgehead atoms. The molecule has 0 amide bonds. The lowest BCUT2D eigenvalue weighted by Crippen LogP contribution is -2.11. The second-order valence-corrected chi connectivity index (χ2v) is 3.90. The Morgan fingerprint density at radius 2 is 2.13 bits per heavy atom. The van der Waals surface area contributed by atoms with E-state index in [0.717, 1.165) is 10.0 Å². The van der Waals surface area contributed by atoms with Gasteiger partial charge in [0.1, 0.15) is 11.5 Å². The van der Waals surface area contributed by atoms with Crippen LogP contribution in [0.25, 0.3) is 0 Å². The molecule has 0 heterocycles. The molecule has 1 rings (SSSR count). The maximum absolute atomic E-state index is 9.86. The van der Waals surface area contributed by atoms with Crippen molar-refractivity contribution >= 4 is 15.9 Å². The van der Waals surface area contributed by atoms with Crippen molar-refractivity contribution in [1.82, 2.24) is 5.48 Å². The Bertz CT molecular complexity index is 355. The first-order valence-electron chi connectivity index (χ1n) is 4.42. The summed E-state index contributed by atoms with van der Waals surface area (Å²) in [6, 6.07) is 1.80. The van der Waals surface area contributed by atoms with Crippen molar-refractivity contribution in [2.24, 2.45) is 0 Å². The van der Waals surface area contributed by atoms with Crippen LogP contribution in [0, 0.1) is 6.92 Å². The molecule has 0 radical (unpaired) electrons. The summed E-state index contributed by atoms with van der Waals surface area (Å²) in [6.07, 6.45) is 0. The maximum Gasteiger partial charge on any atom is 0.139 e. The third-order valence-electron chi connectivity index (χ3n) is 2.13. The van der Waals surface area contributed by atoms with Gasteiger partial charge in [-0.2, -0.15) is 5.48 Å². The molecule has 0 fully saturated rings. The fourth-order valence-electron chi connectivity index (χ4n) is 1.35. The van der Waals surface area contributed by atoms with E-state index in [9.17, 15) is 5.11 Å². The first-order valence-corrected chi connectivity index (χ1v) is 5.21. The molecule has 2 N–H and O–H groups in total. The third kappa shape index (κ3) is 2.62. The molecular weight excluding hydrogens is 262 g/mol. The summed E-state index contributed by atoms with van der Waals surface area (Å²) in [7, 11) is 3.10. The van der Waals surface area contributed by atoms with Crippen LogP contribution in [-0.4, -0.2) is 19.3 Å². The molecule has 0 aliphatic rings. The molecular formula is C10H14BrNO3. The highest BCUT2D eigenvalue weighted by Crippen LogP contribution is 2.37. The van der Waals surface area contributed by atoms with Crippen LogP contribution in [0.5, 0.6) is 11.5 Å². The van der Waals surface area contributed by atoms with Crippen molar-refractivity contribution < 1.29 is 14.7 Å². The van der Waals surface area contributed by atoms with Crippen LogP contribution < -0.4 is 10.2 Å². The van der Waals surface area contributed by atoms with Crippen molar-refractivity contribution in [2.75, 3.05) is 14.2 Å². The van der Waals surface area contributed by atoms with Gasteiger partial charge in [0, 0.05) is 17.7 Å². The SMILES string of the molecule is CONCc1cc(Br)c(OC)c(C)c1O.